The predicted octanol–water partition coefficient (Wildman–Crippen LogP) is 5.58. The molecular weight excluding hydrogens is 420 g/mol. The van der Waals surface area contributed by atoms with Crippen LogP contribution in [0.25, 0.3) is 11.1 Å². The first-order valence-corrected chi connectivity index (χ1v) is 10.7. The van der Waals surface area contributed by atoms with E-state index in [0.29, 0.717) is 23.7 Å². The van der Waals surface area contributed by atoms with Gasteiger partial charge in [0.2, 0.25) is 0 Å². The van der Waals surface area contributed by atoms with E-state index in [1.807, 2.05) is 24.7 Å². The van der Waals surface area contributed by atoms with E-state index in [-0.39, 0.29) is 28.7 Å². The monoisotopic (exact) mass is 441 g/mol. The Kier molecular flexibility index (Phi) is 4.66. The van der Waals surface area contributed by atoms with Crippen molar-refractivity contribution < 1.29 is 13.6 Å². The number of benzene rings is 2. The molecule has 0 atom stereocenters. The molecule has 0 unspecified atom stereocenters. The molecule has 1 aromatic heterocycles. The number of rotatable bonds is 3. The number of hydrogen-bond donors (Lipinski definition) is 0. The highest BCUT2D eigenvalue weighted by Crippen LogP contribution is 2.54. The Bertz CT molecular complexity index is 1190. The largest absolute Gasteiger partial charge is 0.337 e. The van der Waals surface area contributed by atoms with Crippen LogP contribution in [0.3, 0.4) is 0 Å². The average Bonchev–Trinajstić information content (AvgIpc) is 3.04. The summed E-state index contributed by atoms with van der Waals surface area (Å²) in [5.74, 6) is -1.05. The van der Waals surface area contributed by atoms with Crippen LogP contribution in [0.1, 0.15) is 40.5 Å². The van der Waals surface area contributed by atoms with Gasteiger partial charge in [0.05, 0.1) is 17.3 Å². The summed E-state index contributed by atoms with van der Waals surface area (Å²) in [7, 11) is 0. The first-order valence-electron chi connectivity index (χ1n) is 10.3. The number of aromatic nitrogens is 2. The minimum Gasteiger partial charge on any atom is -0.337 e. The van der Waals surface area contributed by atoms with Crippen LogP contribution in [0.15, 0.2) is 42.6 Å². The lowest BCUT2D eigenvalue weighted by Crippen LogP contribution is -2.63. The molecule has 7 heteroatoms. The summed E-state index contributed by atoms with van der Waals surface area (Å²) in [4.78, 5) is 14.4. The van der Waals surface area contributed by atoms with Gasteiger partial charge >= 0.3 is 0 Å². The highest BCUT2D eigenvalue weighted by atomic mass is 35.5. The molecule has 3 aromatic rings. The molecule has 4 nitrogen and oxygen atoms in total. The Morgan fingerprint density at radius 3 is 2.58 bits per heavy atom. The van der Waals surface area contributed by atoms with Crippen LogP contribution in [-0.2, 0) is 0 Å². The Balaban J connectivity index is 1.26. The average molecular weight is 442 g/mol. The van der Waals surface area contributed by atoms with Crippen LogP contribution in [0.2, 0.25) is 5.02 Å². The number of carbonyl (C=O) groups excluding carboxylic acids is 1. The number of amides is 1. The van der Waals surface area contributed by atoms with Gasteiger partial charge in [-0.1, -0.05) is 23.2 Å². The molecule has 31 heavy (non-hydrogen) atoms. The molecule has 1 spiro atoms. The van der Waals surface area contributed by atoms with Crippen LogP contribution >= 0.6 is 11.6 Å². The van der Waals surface area contributed by atoms with E-state index in [4.69, 9.17) is 11.6 Å². The van der Waals surface area contributed by atoms with E-state index in [2.05, 4.69) is 5.10 Å². The molecule has 5 rings (SSSR count). The number of halogens is 3. The summed E-state index contributed by atoms with van der Waals surface area (Å²) in [6.45, 7) is 5.01. The number of likely N-dealkylation sites (tertiary alicyclic amines) is 1. The number of carbonyl (C=O) groups is 1. The molecule has 160 valence electrons. The number of aryl methyl sites for hydroxylation is 2. The van der Waals surface area contributed by atoms with E-state index in [0.717, 1.165) is 29.7 Å². The lowest BCUT2D eigenvalue weighted by molar-refractivity contribution is -0.0740. The predicted molar refractivity (Wildman–Crippen MR) is 115 cm³/mol. The molecule has 2 aliphatic rings. The van der Waals surface area contributed by atoms with Crippen molar-refractivity contribution in [3.05, 3.63) is 76.1 Å². The third kappa shape index (κ3) is 3.43. The normalized spacial score (nSPS) is 17.5. The molecule has 1 saturated heterocycles. The molecule has 2 heterocycles. The van der Waals surface area contributed by atoms with E-state index in [1.54, 1.807) is 23.1 Å². The van der Waals surface area contributed by atoms with Crippen LogP contribution < -0.4 is 0 Å². The number of nitrogens with zero attached hydrogens (tertiary/aromatic N) is 3. The van der Waals surface area contributed by atoms with Gasteiger partial charge in [0.15, 0.2) is 0 Å². The summed E-state index contributed by atoms with van der Waals surface area (Å²) < 4.78 is 29.7. The molecule has 0 bridgehead atoms. The van der Waals surface area contributed by atoms with Crippen LogP contribution in [-0.4, -0.2) is 33.7 Å². The topological polar surface area (TPSA) is 38.1 Å². The molecule has 2 fully saturated rings. The van der Waals surface area contributed by atoms with Gasteiger partial charge in [-0.25, -0.2) is 8.78 Å². The second-order valence-corrected chi connectivity index (χ2v) is 9.35. The summed E-state index contributed by atoms with van der Waals surface area (Å²) >= 11 is 6.27. The van der Waals surface area contributed by atoms with Crippen LogP contribution in [0.5, 0.6) is 0 Å². The van der Waals surface area contributed by atoms with Gasteiger partial charge < -0.3 is 4.90 Å². The Hall–Kier alpha value is -2.73. The van der Waals surface area contributed by atoms with Crippen molar-refractivity contribution in [3.63, 3.8) is 0 Å². The van der Waals surface area contributed by atoms with Crippen molar-refractivity contribution in [1.29, 1.82) is 0 Å². The molecule has 1 saturated carbocycles. The molecule has 1 aliphatic carbocycles. The first kappa shape index (κ1) is 20.2. The minimum absolute atomic E-state index is 0.0805. The molecule has 2 aromatic carbocycles. The Morgan fingerprint density at radius 2 is 1.84 bits per heavy atom. The molecular formula is C24H22ClF2N3O. The molecule has 1 amide bonds. The highest BCUT2D eigenvalue weighted by Gasteiger charge is 2.54. The summed E-state index contributed by atoms with van der Waals surface area (Å²) in [6.07, 6.45) is 3.74. The minimum atomic E-state index is -0.474. The van der Waals surface area contributed by atoms with Crippen LogP contribution in [0, 0.1) is 30.9 Å². The van der Waals surface area contributed by atoms with E-state index < -0.39 is 5.82 Å². The van der Waals surface area contributed by atoms with Crippen molar-refractivity contribution in [3.8, 4) is 11.1 Å². The van der Waals surface area contributed by atoms with Gasteiger partial charge in [-0.3, -0.25) is 9.48 Å². The second kappa shape index (κ2) is 7.16. The maximum absolute atomic E-state index is 14.1. The summed E-state index contributed by atoms with van der Waals surface area (Å²) in [5, 5.41) is 5.12. The maximum Gasteiger partial charge on any atom is 0.256 e. The van der Waals surface area contributed by atoms with Gasteiger partial charge in [0.1, 0.15) is 11.6 Å². The third-order valence-electron chi connectivity index (χ3n) is 6.54. The van der Waals surface area contributed by atoms with Crippen molar-refractivity contribution in [2.75, 3.05) is 13.1 Å². The van der Waals surface area contributed by atoms with Crippen molar-refractivity contribution in [1.82, 2.24) is 14.7 Å². The van der Waals surface area contributed by atoms with E-state index in [1.165, 1.54) is 18.2 Å². The zero-order chi connectivity index (χ0) is 21.9. The smallest absolute Gasteiger partial charge is 0.256 e. The van der Waals surface area contributed by atoms with Crippen molar-refractivity contribution in [2.45, 2.75) is 32.7 Å². The second-order valence-electron chi connectivity index (χ2n) is 8.94. The molecule has 0 radical (unpaired) electrons. The van der Waals surface area contributed by atoms with Gasteiger partial charge in [-0.05, 0) is 57.0 Å². The van der Waals surface area contributed by atoms with Gasteiger partial charge in [0.25, 0.3) is 5.91 Å². The maximum atomic E-state index is 14.1. The van der Waals surface area contributed by atoms with Crippen molar-refractivity contribution >= 4 is 17.5 Å². The Labute approximate surface area is 184 Å². The SMILES string of the molecule is Cc1ccc(F)c(C(=O)N2CC3(CC(n4cc(-c5cc(F)ccc5Cl)c(C)n4)C3)C2)c1. The zero-order valence-electron chi connectivity index (χ0n) is 17.3. The summed E-state index contributed by atoms with van der Waals surface area (Å²) in [5.41, 5.74) is 3.36. The molecule has 1 aliphatic heterocycles. The van der Waals surface area contributed by atoms with E-state index in [9.17, 15) is 13.6 Å². The van der Waals surface area contributed by atoms with Gasteiger partial charge in [-0.2, -0.15) is 5.10 Å². The standard InChI is InChI=1S/C24H22ClF2N3O/c1-14-3-6-22(27)19(7-14)23(31)29-12-24(13-29)9-17(10-24)30-11-20(15(2)28-30)18-8-16(26)4-5-21(18)25/h3-8,11,17H,9-10,12-13H2,1-2H3. The molecule has 0 N–H and O–H groups in total. The lowest BCUT2D eigenvalue weighted by atomic mass is 9.60. The number of hydrogen-bond acceptors (Lipinski definition) is 2. The van der Waals surface area contributed by atoms with Gasteiger partial charge in [-0.15, -0.1) is 0 Å². The fourth-order valence-electron chi connectivity index (χ4n) is 4.90. The fraction of sp³-hybridized carbons (Fsp3) is 0.333. The van der Waals surface area contributed by atoms with Gasteiger partial charge in [0, 0.05) is 40.9 Å². The highest BCUT2D eigenvalue weighted by molar-refractivity contribution is 6.33. The van der Waals surface area contributed by atoms with E-state index >= 15 is 0 Å². The lowest BCUT2D eigenvalue weighted by Gasteiger charge is -2.58. The first-order chi connectivity index (χ1) is 14.7. The Morgan fingerprint density at radius 1 is 1.10 bits per heavy atom. The van der Waals surface area contributed by atoms with Crippen LogP contribution in [0.4, 0.5) is 8.78 Å². The summed E-state index contributed by atoms with van der Waals surface area (Å²) in [6, 6.07) is 9.17. The quantitative estimate of drug-likeness (QED) is 0.532. The zero-order valence-corrected chi connectivity index (χ0v) is 18.1. The van der Waals surface area contributed by atoms with Crippen molar-refractivity contribution in [2.24, 2.45) is 5.41 Å². The third-order valence-corrected chi connectivity index (χ3v) is 6.87. The fourth-order valence-corrected chi connectivity index (χ4v) is 5.12.